The number of amides is 1. The molecular formula is C24H34N4O3S. The van der Waals surface area contributed by atoms with Crippen molar-refractivity contribution in [1.82, 2.24) is 19.9 Å². The molecular weight excluding hydrogens is 424 g/mol. The van der Waals surface area contributed by atoms with Gasteiger partial charge in [0, 0.05) is 50.2 Å². The Morgan fingerprint density at radius 2 is 1.91 bits per heavy atom. The molecule has 2 fully saturated rings. The SMILES string of the molecule is Cc1noc(C)c1CSc1ncccc1C(=O)N1CCC(CN2CC(C)OC(C)C2)CC1. The molecule has 2 aromatic rings. The van der Waals surface area contributed by atoms with E-state index in [2.05, 4.69) is 28.9 Å². The van der Waals surface area contributed by atoms with E-state index in [9.17, 15) is 4.79 Å². The zero-order chi connectivity index (χ0) is 22.7. The van der Waals surface area contributed by atoms with E-state index in [1.54, 1.807) is 18.0 Å². The first-order valence-electron chi connectivity index (χ1n) is 11.6. The van der Waals surface area contributed by atoms with E-state index in [0.717, 1.165) is 67.6 Å². The highest BCUT2D eigenvalue weighted by atomic mass is 32.2. The molecule has 1 amide bonds. The van der Waals surface area contributed by atoms with Crippen molar-refractivity contribution in [2.75, 3.05) is 32.7 Å². The van der Waals surface area contributed by atoms with Gasteiger partial charge in [0.05, 0.1) is 23.5 Å². The Morgan fingerprint density at radius 1 is 1.19 bits per heavy atom. The smallest absolute Gasteiger partial charge is 0.256 e. The summed E-state index contributed by atoms with van der Waals surface area (Å²) >= 11 is 1.57. The Hall–Kier alpha value is -1.90. The summed E-state index contributed by atoms with van der Waals surface area (Å²) in [6.45, 7) is 12.9. The van der Waals surface area contributed by atoms with Crippen LogP contribution in [0.2, 0.25) is 0 Å². The van der Waals surface area contributed by atoms with Crippen molar-refractivity contribution in [3.63, 3.8) is 0 Å². The van der Waals surface area contributed by atoms with Gasteiger partial charge in [0.2, 0.25) is 0 Å². The summed E-state index contributed by atoms with van der Waals surface area (Å²) in [5.41, 5.74) is 2.66. The van der Waals surface area contributed by atoms with Crippen LogP contribution in [-0.4, -0.2) is 70.8 Å². The minimum absolute atomic E-state index is 0.0893. The van der Waals surface area contributed by atoms with Gasteiger partial charge in [-0.3, -0.25) is 9.69 Å². The number of hydrogen-bond acceptors (Lipinski definition) is 7. The van der Waals surface area contributed by atoms with Gasteiger partial charge in [0.1, 0.15) is 10.8 Å². The van der Waals surface area contributed by atoms with Crippen LogP contribution in [0.4, 0.5) is 0 Å². The minimum atomic E-state index is 0.0893. The third-order valence-electron chi connectivity index (χ3n) is 6.45. The number of aryl methyl sites for hydroxylation is 2. The molecule has 0 aliphatic carbocycles. The lowest BCUT2D eigenvalue weighted by Gasteiger charge is -2.39. The van der Waals surface area contributed by atoms with Gasteiger partial charge in [0.25, 0.3) is 5.91 Å². The highest BCUT2D eigenvalue weighted by Crippen LogP contribution is 2.29. The predicted molar refractivity (Wildman–Crippen MR) is 125 cm³/mol. The molecule has 7 nitrogen and oxygen atoms in total. The van der Waals surface area contributed by atoms with Crippen molar-refractivity contribution in [2.45, 2.75) is 63.5 Å². The molecule has 0 N–H and O–H groups in total. The Kier molecular flexibility index (Phi) is 7.53. The Balaban J connectivity index is 1.33. The maximum Gasteiger partial charge on any atom is 0.256 e. The van der Waals surface area contributed by atoms with Gasteiger partial charge in [0.15, 0.2) is 0 Å². The Bertz CT molecular complexity index is 896. The summed E-state index contributed by atoms with van der Waals surface area (Å²) in [5.74, 6) is 2.24. The third-order valence-corrected chi connectivity index (χ3v) is 7.48. The first-order chi connectivity index (χ1) is 15.4. The highest BCUT2D eigenvalue weighted by Gasteiger charge is 2.29. The van der Waals surface area contributed by atoms with Crippen LogP contribution >= 0.6 is 11.8 Å². The van der Waals surface area contributed by atoms with Gasteiger partial charge in [-0.1, -0.05) is 5.16 Å². The molecule has 0 radical (unpaired) electrons. The lowest BCUT2D eigenvalue weighted by atomic mass is 9.95. The molecule has 2 unspecified atom stereocenters. The molecule has 8 heteroatoms. The summed E-state index contributed by atoms with van der Waals surface area (Å²) in [6.07, 6.45) is 4.45. The maximum absolute atomic E-state index is 13.3. The van der Waals surface area contributed by atoms with E-state index in [4.69, 9.17) is 9.26 Å². The fourth-order valence-corrected chi connectivity index (χ4v) is 5.94. The van der Waals surface area contributed by atoms with E-state index < -0.39 is 0 Å². The number of thioether (sulfide) groups is 1. The van der Waals surface area contributed by atoms with E-state index in [0.29, 0.717) is 29.4 Å². The normalized spacial score (nSPS) is 22.9. The average molecular weight is 459 g/mol. The van der Waals surface area contributed by atoms with Crippen LogP contribution in [-0.2, 0) is 10.5 Å². The zero-order valence-corrected chi connectivity index (χ0v) is 20.4. The van der Waals surface area contributed by atoms with E-state index in [1.165, 1.54) is 0 Å². The van der Waals surface area contributed by atoms with E-state index in [-0.39, 0.29) is 5.91 Å². The minimum Gasteiger partial charge on any atom is -0.373 e. The Labute approximate surface area is 194 Å². The van der Waals surface area contributed by atoms with Crippen LogP contribution in [0.1, 0.15) is 54.1 Å². The number of hydrogen-bond donors (Lipinski definition) is 0. The zero-order valence-electron chi connectivity index (χ0n) is 19.5. The van der Waals surface area contributed by atoms with Crippen LogP contribution in [0.3, 0.4) is 0 Å². The summed E-state index contributed by atoms with van der Waals surface area (Å²) in [6, 6.07) is 3.74. The summed E-state index contributed by atoms with van der Waals surface area (Å²) < 4.78 is 11.1. The van der Waals surface area contributed by atoms with Gasteiger partial charge in [-0.2, -0.15) is 0 Å². The number of morpholine rings is 1. The molecule has 2 aliphatic heterocycles. The Morgan fingerprint density at radius 3 is 2.56 bits per heavy atom. The number of aromatic nitrogens is 2. The molecule has 4 rings (SSSR count). The molecule has 2 atom stereocenters. The monoisotopic (exact) mass is 458 g/mol. The summed E-state index contributed by atoms with van der Waals surface area (Å²) in [7, 11) is 0. The van der Waals surface area contributed by atoms with Crippen molar-refractivity contribution in [3.05, 3.63) is 40.9 Å². The molecule has 2 aliphatic rings. The van der Waals surface area contributed by atoms with Crippen LogP contribution in [0.15, 0.2) is 27.9 Å². The lowest BCUT2D eigenvalue weighted by Crippen LogP contribution is -2.48. The number of nitrogens with zero attached hydrogens (tertiary/aromatic N) is 4. The molecule has 174 valence electrons. The fourth-order valence-electron chi connectivity index (χ4n) is 4.80. The van der Waals surface area contributed by atoms with Gasteiger partial charge in [-0.05, 0) is 58.6 Å². The number of piperidine rings is 1. The van der Waals surface area contributed by atoms with Crippen molar-refractivity contribution in [3.8, 4) is 0 Å². The molecule has 0 saturated carbocycles. The topological polar surface area (TPSA) is 71.7 Å². The molecule has 0 aromatic carbocycles. The quantitative estimate of drug-likeness (QED) is 0.607. The second kappa shape index (κ2) is 10.4. The average Bonchev–Trinajstić information content (AvgIpc) is 3.09. The van der Waals surface area contributed by atoms with E-state index >= 15 is 0 Å². The van der Waals surface area contributed by atoms with Gasteiger partial charge >= 0.3 is 0 Å². The lowest BCUT2D eigenvalue weighted by molar-refractivity contribution is -0.0728. The number of pyridine rings is 1. The third kappa shape index (κ3) is 5.53. The van der Waals surface area contributed by atoms with Crippen LogP contribution in [0.5, 0.6) is 0 Å². The van der Waals surface area contributed by atoms with Gasteiger partial charge in [-0.25, -0.2) is 4.98 Å². The van der Waals surface area contributed by atoms with Gasteiger partial charge in [-0.15, -0.1) is 11.8 Å². The molecule has 2 aromatic heterocycles. The predicted octanol–water partition coefficient (Wildman–Crippen LogP) is 3.94. The van der Waals surface area contributed by atoms with Crippen LogP contribution < -0.4 is 0 Å². The molecule has 4 heterocycles. The number of carbonyl (C=O) groups is 1. The van der Waals surface area contributed by atoms with Gasteiger partial charge < -0.3 is 14.2 Å². The van der Waals surface area contributed by atoms with Crippen molar-refractivity contribution >= 4 is 17.7 Å². The van der Waals surface area contributed by atoms with E-state index in [1.807, 2.05) is 30.9 Å². The second-order valence-corrected chi connectivity index (χ2v) is 10.1. The molecule has 0 spiro atoms. The van der Waals surface area contributed by atoms with Crippen LogP contribution in [0, 0.1) is 19.8 Å². The molecule has 0 bridgehead atoms. The van der Waals surface area contributed by atoms with Crippen LogP contribution in [0.25, 0.3) is 0 Å². The van der Waals surface area contributed by atoms with Crippen molar-refractivity contribution < 1.29 is 14.1 Å². The van der Waals surface area contributed by atoms with Crippen molar-refractivity contribution in [1.29, 1.82) is 0 Å². The maximum atomic E-state index is 13.3. The first-order valence-corrected chi connectivity index (χ1v) is 12.6. The summed E-state index contributed by atoms with van der Waals surface area (Å²) in [5, 5.41) is 4.80. The number of rotatable bonds is 6. The fraction of sp³-hybridized carbons (Fsp3) is 0.625. The molecule has 2 saturated heterocycles. The second-order valence-electron chi connectivity index (χ2n) is 9.16. The standard InChI is InChI=1S/C24H34N4O3S/c1-16-12-27(13-17(2)30-16)14-20-7-10-28(11-8-20)24(29)21-6-5-9-25-23(21)32-15-22-18(3)26-31-19(22)4/h5-6,9,16-17,20H,7-8,10-15H2,1-4H3. The highest BCUT2D eigenvalue weighted by molar-refractivity contribution is 7.98. The van der Waals surface area contributed by atoms with Crippen molar-refractivity contribution in [2.24, 2.45) is 5.92 Å². The summed E-state index contributed by atoms with van der Waals surface area (Å²) in [4.78, 5) is 22.4. The largest absolute Gasteiger partial charge is 0.373 e. The molecule has 32 heavy (non-hydrogen) atoms. The first kappa shape index (κ1) is 23.3. The number of likely N-dealkylation sites (tertiary alicyclic amines) is 1. The number of carbonyl (C=O) groups excluding carboxylic acids is 1. The number of ether oxygens (including phenoxy) is 1.